The summed E-state index contributed by atoms with van der Waals surface area (Å²) >= 11 is 0. The van der Waals surface area contributed by atoms with Crippen molar-refractivity contribution in [3.8, 4) is 0 Å². The molecule has 186 valence electrons. The summed E-state index contributed by atoms with van der Waals surface area (Å²) in [5, 5.41) is 8.99. The van der Waals surface area contributed by atoms with Crippen LogP contribution in [0.2, 0.25) is 0 Å². The van der Waals surface area contributed by atoms with Gasteiger partial charge in [0.05, 0.1) is 6.10 Å². The third kappa shape index (κ3) is 4.60. The number of carbonyl (C=O) groups is 1. The average Bonchev–Trinajstić information content (AvgIpc) is 3.12. The van der Waals surface area contributed by atoms with Crippen molar-refractivity contribution < 1.29 is 14.6 Å². The number of carboxylic acid groups (broad SMARTS) is 1. The lowest BCUT2D eigenvalue weighted by Gasteiger charge is -2.58. The topological polar surface area (TPSA) is 46.5 Å². The summed E-state index contributed by atoms with van der Waals surface area (Å²) < 4.78 is 5.71. The van der Waals surface area contributed by atoms with Crippen LogP contribution < -0.4 is 0 Å². The van der Waals surface area contributed by atoms with E-state index in [9.17, 15) is 4.79 Å². The maximum absolute atomic E-state index is 10.9. The highest BCUT2D eigenvalue weighted by Crippen LogP contribution is 2.67. The highest BCUT2D eigenvalue weighted by Gasteiger charge is 2.59. The van der Waals surface area contributed by atoms with Crippen molar-refractivity contribution in [1.82, 2.24) is 0 Å². The lowest BCUT2D eigenvalue weighted by molar-refractivity contribution is -0.145. The van der Waals surface area contributed by atoms with Gasteiger partial charge in [-0.1, -0.05) is 65.3 Å². The zero-order chi connectivity index (χ0) is 24.0. The van der Waals surface area contributed by atoms with Gasteiger partial charge in [-0.15, -0.1) is 0 Å². The van der Waals surface area contributed by atoms with Crippen molar-refractivity contribution >= 4 is 5.97 Å². The van der Waals surface area contributed by atoms with E-state index in [4.69, 9.17) is 9.84 Å². The van der Waals surface area contributed by atoms with Crippen molar-refractivity contribution in [2.75, 3.05) is 6.61 Å². The van der Waals surface area contributed by atoms with Gasteiger partial charge in [0.15, 0.2) is 0 Å². The minimum absolute atomic E-state index is 0.0857. The SMILES string of the molecule is CC(C)C(C)/C=C/C(C)[C@H]1CCC2C3CC=C4C[C@@H](OCC(=O)O)CC[C@]4(C)C3CC[C@@]21C. The second-order valence-electron chi connectivity index (χ2n) is 12.9. The number of fused-ring (bicyclic) bond motifs is 5. The third-order valence-corrected chi connectivity index (χ3v) is 11.0. The van der Waals surface area contributed by atoms with Gasteiger partial charge < -0.3 is 9.84 Å². The molecule has 4 rings (SSSR count). The first-order valence-electron chi connectivity index (χ1n) is 13.8. The molecule has 0 aromatic rings. The van der Waals surface area contributed by atoms with Crippen molar-refractivity contribution in [3.63, 3.8) is 0 Å². The van der Waals surface area contributed by atoms with Crippen LogP contribution in [0.25, 0.3) is 0 Å². The van der Waals surface area contributed by atoms with Gasteiger partial charge in [-0.05, 0) is 104 Å². The van der Waals surface area contributed by atoms with Gasteiger partial charge in [-0.25, -0.2) is 4.79 Å². The second-order valence-corrected chi connectivity index (χ2v) is 12.9. The summed E-state index contributed by atoms with van der Waals surface area (Å²) in [5.74, 6) is 4.48. The van der Waals surface area contributed by atoms with Crippen LogP contribution in [0.5, 0.6) is 0 Å². The minimum Gasteiger partial charge on any atom is -0.480 e. The first kappa shape index (κ1) is 25.0. The first-order chi connectivity index (χ1) is 15.6. The summed E-state index contributed by atoms with van der Waals surface area (Å²) in [5.41, 5.74) is 2.35. The van der Waals surface area contributed by atoms with Crippen LogP contribution in [-0.2, 0) is 9.53 Å². The van der Waals surface area contributed by atoms with Gasteiger partial charge in [0.1, 0.15) is 6.61 Å². The maximum atomic E-state index is 10.9. The van der Waals surface area contributed by atoms with E-state index in [0.717, 1.165) is 42.9 Å². The highest BCUT2D eigenvalue weighted by atomic mass is 16.5. The Morgan fingerprint density at radius 1 is 1.09 bits per heavy atom. The summed E-state index contributed by atoms with van der Waals surface area (Å²) in [6.45, 7) is 14.5. The molecule has 0 aromatic heterocycles. The Bertz CT molecular complexity index is 781. The van der Waals surface area contributed by atoms with E-state index in [0.29, 0.717) is 28.6 Å². The fourth-order valence-corrected chi connectivity index (χ4v) is 8.57. The number of allylic oxidation sites excluding steroid dienone is 3. The molecule has 0 heterocycles. The zero-order valence-corrected chi connectivity index (χ0v) is 22.0. The average molecular weight is 457 g/mol. The molecule has 4 aliphatic rings. The van der Waals surface area contributed by atoms with E-state index in [2.05, 4.69) is 59.8 Å². The molecule has 5 unspecified atom stereocenters. The largest absolute Gasteiger partial charge is 0.480 e. The van der Waals surface area contributed by atoms with Crippen LogP contribution in [-0.4, -0.2) is 23.8 Å². The molecule has 3 heteroatoms. The Kier molecular flexibility index (Phi) is 7.21. The Hall–Kier alpha value is -1.09. The molecular formula is C30H48O3. The molecule has 0 bridgehead atoms. The molecule has 4 aliphatic carbocycles. The predicted octanol–water partition coefficient (Wildman–Crippen LogP) is 7.52. The van der Waals surface area contributed by atoms with E-state index < -0.39 is 5.97 Å². The van der Waals surface area contributed by atoms with Gasteiger partial charge in [-0.3, -0.25) is 0 Å². The van der Waals surface area contributed by atoms with Crippen molar-refractivity contribution in [1.29, 1.82) is 0 Å². The Morgan fingerprint density at radius 2 is 1.85 bits per heavy atom. The number of rotatable bonds is 7. The molecule has 3 nitrogen and oxygen atoms in total. The summed E-state index contributed by atoms with van der Waals surface area (Å²) in [4.78, 5) is 10.9. The van der Waals surface area contributed by atoms with Crippen LogP contribution in [0.1, 0.15) is 92.9 Å². The van der Waals surface area contributed by atoms with Crippen LogP contribution in [0.15, 0.2) is 23.8 Å². The smallest absolute Gasteiger partial charge is 0.329 e. The quantitative estimate of drug-likeness (QED) is 0.403. The molecule has 9 atom stereocenters. The van der Waals surface area contributed by atoms with Gasteiger partial charge in [0, 0.05) is 0 Å². The Morgan fingerprint density at radius 3 is 2.55 bits per heavy atom. The van der Waals surface area contributed by atoms with Crippen LogP contribution in [0.3, 0.4) is 0 Å². The van der Waals surface area contributed by atoms with Crippen LogP contribution in [0.4, 0.5) is 0 Å². The molecule has 0 aromatic carbocycles. The van der Waals surface area contributed by atoms with Crippen molar-refractivity contribution in [2.24, 2.45) is 52.3 Å². The Labute approximate surface area is 202 Å². The molecule has 0 saturated heterocycles. The number of ether oxygens (including phenoxy) is 1. The van der Waals surface area contributed by atoms with E-state index >= 15 is 0 Å². The van der Waals surface area contributed by atoms with Gasteiger partial charge in [0.25, 0.3) is 0 Å². The molecule has 0 amide bonds. The van der Waals surface area contributed by atoms with Crippen LogP contribution in [0, 0.1) is 52.3 Å². The maximum Gasteiger partial charge on any atom is 0.329 e. The number of hydrogen-bond donors (Lipinski definition) is 1. The van der Waals surface area contributed by atoms with Crippen molar-refractivity contribution in [3.05, 3.63) is 23.8 Å². The van der Waals surface area contributed by atoms with Gasteiger partial charge in [-0.2, -0.15) is 0 Å². The van der Waals surface area contributed by atoms with E-state index in [1.54, 1.807) is 5.57 Å². The molecule has 0 radical (unpaired) electrons. The molecule has 0 aliphatic heterocycles. The van der Waals surface area contributed by atoms with E-state index in [-0.39, 0.29) is 12.7 Å². The number of hydrogen-bond acceptors (Lipinski definition) is 2. The highest BCUT2D eigenvalue weighted by molar-refractivity contribution is 5.68. The predicted molar refractivity (Wildman–Crippen MR) is 135 cm³/mol. The third-order valence-electron chi connectivity index (χ3n) is 11.0. The lowest BCUT2D eigenvalue weighted by Crippen LogP contribution is -2.51. The first-order valence-corrected chi connectivity index (χ1v) is 13.8. The molecule has 3 fully saturated rings. The zero-order valence-electron chi connectivity index (χ0n) is 22.0. The second kappa shape index (κ2) is 9.51. The minimum atomic E-state index is -0.855. The molecule has 33 heavy (non-hydrogen) atoms. The summed E-state index contributed by atoms with van der Waals surface area (Å²) in [7, 11) is 0. The fraction of sp³-hybridized carbons (Fsp3) is 0.833. The molecular weight excluding hydrogens is 408 g/mol. The summed E-state index contributed by atoms with van der Waals surface area (Å²) in [6.07, 6.45) is 17.5. The summed E-state index contributed by atoms with van der Waals surface area (Å²) in [6, 6.07) is 0. The van der Waals surface area contributed by atoms with Gasteiger partial charge >= 0.3 is 5.97 Å². The standard InChI is InChI=1S/C30H48O3/c1-19(2)20(3)7-8-21(4)25-11-12-26-24-10-9-22-17-23(33-18-28(31)32)13-15-29(22,5)27(24)14-16-30(25,26)6/h7-9,19-21,23-27H,10-18H2,1-6H3,(H,31,32)/b8-7+/t20?,21?,23-,24?,25+,26?,27?,29-,30+/m0/s1. The Balaban J connectivity index is 1.47. The molecule has 1 N–H and O–H groups in total. The van der Waals surface area contributed by atoms with Crippen molar-refractivity contribution in [2.45, 2.75) is 99.0 Å². The molecule has 0 spiro atoms. The fourth-order valence-electron chi connectivity index (χ4n) is 8.57. The number of aliphatic carboxylic acids is 1. The van der Waals surface area contributed by atoms with Gasteiger partial charge in [0.2, 0.25) is 0 Å². The molecule has 3 saturated carbocycles. The monoisotopic (exact) mass is 456 g/mol. The van der Waals surface area contributed by atoms with Crippen LogP contribution >= 0.6 is 0 Å². The lowest BCUT2D eigenvalue weighted by atomic mass is 9.47. The van der Waals surface area contributed by atoms with E-state index in [1.165, 1.54) is 32.1 Å². The normalized spacial score (nSPS) is 42.4. The van der Waals surface area contributed by atoms with E-state index in [1.807, 2.05) is 0 Å². The number of carboxylic acids is 1.